The van der Waals surface area contributed by atoms with E-state index in [0.717, 1.165) is 11.1 Å². The highest BCUT2D eigenvalue weighted by atomic mass is 16.6. The van der Waals surface area contributed by atoms with E-state index < -0.39 is 11.6 Å². The Hall–Kier alpha value is -2.83. The molecule has 1 saturated heterocycles. The average Bonchev–Trinajstić information content (AvgIpc) is 2.59. The normalized spacial score (nSPS) is 15.2. The minimum Gasteiger partial charge on any atom is -0.477 e. The number of carbonyl (C=O) groups is 2. The Balaban J connectivity index is 1.68. The maximum absolute atomic E-state index is 12.1. The third kappa shape index (κ3) is 4.04. The lowest BCUT2D eigenvalue weighted by Gasteiger charge is -2.36. The van der Waals surface area contributed by atoms with E-state index >= 15 is 0 Å². The lowest BCUT2D eigenvalue weighted by molar-refractivity contribution is 0.0240. The van der Waals surface area contributed by atoms with Crippen LogP contribution >= 0.6 is 0 Å². The SMILES string of the molecule is CC(C)(C)OC(=O)N1CCN(c2ccc3nc(C(=O)O)ccc3c2)CC1. The zero-order valence-corrected chi connectivity index (χ0v) is 15.2. The van der Waals surface area contributed by atoms with Crippen LogP contribution in [0.2, 0.25) is 0 Å². The van der Waals surface area contributed by atoms with Gasteiger partial charge in [0, 0.05) is 37.3 Å². The second kappa shape index (κ2) is 6.82. The lowest BCUT2D eigenvalue weighted by Crippen LogP contribution is -2.50. The lowest BCUT2D eigenvalue weighted by atomic mass is 10.1. The number of carbonyl (C=O) groups excluding carboxylic acids is 1. The predicted molar refractivity (Wildman–Crippen MR) is 98.7 cm³/mol. The Labute approximate surface area is 152 Å². The van der Waals surface area contributed by atoms with E-state index in [-0.39, 0.29) is 11.8 Å². The minimum atomic E-state index is -1.03. The van der Waals surface area contributed by atoms with Gasteiger partial charge in [-0.15, -0.1) is 0 Å². The van der Waals surface area contributed by atoms with Crippen molar-refractivity contribution in [2.45, 2.75) is 26.4 Å². The van der Waals surface area contributed by atoms with Crippen LogP contribution in [-0.2, 0) is 4.74 Å². The molecule has 2 heterocycles. The number of pyridine rings is 1. The first-order valence-corrected chi connectivity index (χ1v) is 8.60. The van der Waals surface area contributed by atoms with E-state index in [1.54, 1.807) is 11.0 Å². The predicted octanol–water partition coefficient (Wildman–Crippen LogP) is 2.99. The van der Waals surface area contributed by atoms with Crippen molar-refractivity contribution in [3.63, 3.8) is 0 Å². The number of aromatic nitrogens is 1. The molecular weight excluding hydrogens is 334 g/mol. The fraction of sp³-hybridized carbons (Fsp3) is 0.421. The van der Waals surface area contributed by atoms with Gasteiger partial charge in [-0.2, -0.15) is 0 Å². The summed E-state index contributed by atoms with van der Waals surface area (Å²) in [6.07, 6.45) is -0.277. The highest BCUT2D eigenvalue weighted by Gasteiger charge is 2.26. The topological polar surface area (TPSA) is 83.0 Å². The molecule has 0 radical (unpaired) electrons. The van der Waals surface area contributed by atoms with Crippen LogP contribution in [0.3, 0.4) is 0 Å². The van der Waals surface area contributed by atoms with Crippen molar-refractivity contribution < 1.29 is 19.4 Å². The summed E-state index contributed by atoms with van der Waals surface area (Å²) in [7, 11) is 0. The molecule has 1 aliphatic rings. The summed E-state index contributed by atoms with van der Waals surface area (Å²) in [4.78, 5) is 31.2. The standard InChI is InChI=1S/C19H23N3O4/c1-19(2,3)26-18(25)22-10-8-21(9-11-22)14-5-7-15-13(12-14)4-6-16(20-15)17(23)24/h4-7,12H,8-11H2,1-3H3,(H,23,24). The van der Waals surface area contributed by atoms with Gasteiger partial charge in [0.15, 0.2) is 0 Å². The molecule has 7 heteroatoms. The van der Waals surface area contributed by atoms with E-state index in [9.17, 15) is 9.59 Å². The second-order valence-corrected chi connectivity index (χ2v) is 7.33. The minimum absolute atomic E-state index is 0.0382. The van der Waals surface area contributed by atoms with Crippen molar-refractivity contribution in [1.29, 1.82) is 0 Å². The fourth-order valence-corrected chi connectivity index (χ4v) is 2.90. The summed E-state index contributed by atoms with van der Waals surface area (Å²) < 4.78 is 5.42. The molecule has 1 N–H and O–H groups in total. The Kier molecular flexibility index (Phi) is 4.71. The van der Waals surface area contributed by atoms with Crippen LogP contribution < -0.4 is 4.90 Å². The molecule has 0 saturated carbocycles. The zero-order chi connectivity index (χ0) is 18.9. The van der Waals surface area contributed by atoms with Crippen molar-refractivity contribution in [3.05, 3.63) is 36.0 Å². The van der Waals surface area contributed by atoms with Gasteiger partial charge in [0.2, 0.25) is 0 Å². The molecule has 0 unspecified atom stereocenters. The van der Waals surface area contributed by atoms with Crippen molar-refractivity contribution in [1.82, 2.24) is 9.88 Å². The molecule has 2 aromatic rings. The Morgan fingerprint density at radius 2 is 1.77 bits per heavy atom. The molecule has 0 bridgehead atoms. The molecule has 1 fully saturated rings. The van der Waals surface area contributed by atoms with Crippen molar-refractivity contribution in [2.75, 3.05) is 31.1 Å². The first kappa shape index (κ1) is 18.0. The summed E-state index contributed by atoms with van der Waals surface area (Å²) in [6, 6.07) is 9.04. The number of benzene rings is 1. The molecule has 0 spiro atoms. The largest absolute Gasteiger partial charge is 0.477 e. The number of amides is 1. The number of aromatic carboxylic acids is 1. The monoisotopic (exact) mass is 357 g/mol. The van der Waals surface area contributed by atoms with E-state index in [2.05, 4.69) is 9.88 Å². The molecule has 138 valence electrons. The van der Waals surface area contributed by atoms with Gasteiger partial charge in [0.25, 0.3) is 0 Å². The molecule has 1 aromatic carbocycles. The number of carboxylic acids is 1. The number of carboxylic acid groups (broad SMARTS) is 1. The van der Waals surface area contributed by atoms with Crippen molar-refractivity contribution in [2.24, 2.45) is 0 Å². The molecule has 7 nitrogen and oxygen atoms in total. The first-order valence-electron chi connectivity index (χ1n) is 8.60. The van der Waals surface area contributed by atoms with Gasteiger partial charge in [0.1, 0.15) is 11.3 Å². The van der Waals surface area contributed by atoms with Gasteiger partial charge in [-0.05, 0) is 45.0 Å². The molecule has 0 atom stereocenters. The highest BCUT2D eigenvalue weighted by molar-refractivity contribution is 5.90. The summed E-state index contributed by atoms with van der Waals surface area (Å²) >= 11 is 0. The quantitative estimate of drug-likeness (QED) is 0.890. The summed E-state index contributed by atoms with van der Waals surface area (Å²) in [6.45, 7) is 8.21. The number of piperazine rings is 1. The molecule has 1 aliphatic heterocycles. The number of nitrogens with zero attached hydrogens (tertiary/aromatic N) is 3. The van der Waals surface area contributed by atoms with Crippen LogP contribution in [0.4, 0.5) is 10.5 Å². The van der Waals surface area contributed by atoms with Gasteiger partial charge >= 0.3 is 12.1 Å². The average molecular weight is 357 g/mol. The van der Waals surface area contributed by atoms with Gasteiger partial charge in [-0.3, -0.25) is 0 Å². The van der Waals surface area contributed by atoms with E-state index in [1.165, 1.54) is 6.07 Å². The molecule has 0 aliphatic carbocycles. The summed E-state index contributed by atoms with van der Waals surface area (Å²) in [5.41, 5.74) is 1.23. The Morgan fingerprint density at radius 1 is 1.08 bits per heavy atom. The second-order valence-electron chi connectivity index (χ2n) is 7.33. The first-order chi connectivity index (χ1) is 12.2. The van der Waals surface area contributed by atoms with Crippen LogP contribution in [0.1, 0.15) is 31.3 Å². The molecule has 1 amide bonds. The smallest absolute Gasteiger partial charge is 0.410 e. The van der Waals surface area contributed by atoms with Crippen molar-refractivity contribution >= 4 is 28.7 Å². The molecule has 1 aromatic heterocycles. The van der Waals surface area contributed by atoms with Crippen LogP contribution in [0, 0.1) is 0 Å². The molecule has 26 heavy (non-hydrogen) atoms. The number of hydrogen-bond donors (Lipinski definition) is 1. The number of fused-ring (bicyclic) bond motifs is 1. The number of hydrogen-bond acceptors (Lipinski definition) is 5. The summed E-state index contributed by atoms with van der Waals surface area (Å²) in [5, 5.41) is 9.92. The summed E-state index contributed by atoms with van der Waals surface area (Å²) in [5.74, 6) is -1.03. The van der Waals surface area contributed by atoms with E-state index in [0.29, 0.717) is 31.7 Å². The Bertz CT molecular complexity index is 836. The van der Waals surface area contributed by atoms with Crippen LogP contribution in [0.15, 0.2) is 30.3 Å². The number of rotatable bonds is 2. The van der Waals surface area contributed by atoms with Crippen LogP contribution in [-0.4, -0.2) is 58.8 Å². The van der Waals surface area contributed by atoms with Gasteiger partial charge in [0.05, 0.1) is 5.52 Å². The number of anilines is 1. The van der Waals surface area contributed by atoms with E-state index in [1.807, 2.05) is 39.0 Å². The third-order valence-electron chi connectivity index (χ3n) is 4.19. The van der Waals surface area contributed by atoms with Crippen LogP contribution in [0.5, 0.6) is 0 Å². The molecular formula is C19H23N3O4. The van der Waals surface area contributed by atoms with Gasteiger partial charge < -0.3 is 19.6 Å². The Morgan fingerprint density at radius 3 is 2.38 bits per heavy atom. The van der Waals surface area contributed by atoms with Crippen LogP contribution in [0.25, 0.3) is 10.9 Å². The van der Waals surface area contributed by atoms with Gasteiger partial charge in [-0.25, -0.2) is 14.6 Å². The molecule has 3 rings (SSSR count). The fourth-order valence-electron chi connectivity index (χ4n) is 2.90. The highest BCUT2D eigenvalue weighted by Crippen LogP contribution is 2.23. The van der Waals surface area contributed by atoms with Crippen molar-refractivity contribution in [3.8, 4) is 0 Å². The van der Waals surface area contributed by atoms with E-state index in [4.69, 9.17) is 9.84 Å². The number of ether oxygens (including phenoxy) is 1. The third-order valence-corrected chi connectivity index (χ3v) is 4.19. The maximum Gasteiger partial charge on any atom is 0.410 e. The van der Waals surface area contributed by atoms with Gasteiger partial charge in [-0.1, -0.05) is 6.07 Å². The zero-order valence-electron chi connectivity index (χ0n) is 15.2. The maximum atomic E-state index is 12.1.